The van der Waals surface area contributed by atoms with E-state index in [9.17, 15) is 34.0 Å². The van der Waals surface area contributed by atoms with Gasteiger partial charge in [-0.25, -0.2) is 13.1 Å². The number of ether oxygens (including phenoxy) is 2. The molecule has 1 aliphatic heterocycles. The molecule has 4 unspecified atom stereocenters. The molecular weight excluding hydrogens is 671 g/mol. The number of hydrogen-bond acceptors (Lipinski definition) is 9. The summed E-state index contributed by atoms with van der Waals surface area (Å²) in [6, 6.07) is -1.07. The number of sulfonamides is 1. The van der Waals surface area contributed by atoms with Gasteiger partial charge >= 0.3 is 0 Å². The van der Waals surface area contributed by atoms with E-state index in [-0.39, 0.29) is 12.4 Å². The largest absolute Gasteiger partial charge is 0.394 e. The molecule has 0 aromatic heterocycles. The van der Waals surface area contributed by atoms with Gasteiger partial charge in [0.15, 0.2) is 6.29 Å². The lowest BCUT2D eigenvalue weighted by Gasteiger charge is -2.40. The Labute approximate surface area is 312 Å². The van der Waals surface area contributed by atoms with Crippen LogP contribution >= 0.6 is 0 Å². The molecule has 1 heterocycles. The van der Waals surface area contributed by atoms with Gasteiger partial charge in [-0.1, -0.05) is 174 Å². The molecule has 304 valence electrons. The van der Waals surface area contributed by atoms with Gasteiger partial charge in [-0.2, -0.15) is 0 Å². The summed E-state index contributed by atoms with van der Waals surface area (Å²) in [7, 11) is -3.76. The summed E-state index contributed by atoms with van der Waals surface area (Å²) in [6.07, 6.45) is 25.7. The molecular formula is C40H79NO9S. The van der Waals surface area contributed by atoms with Crippen molar-refractivity contribution in [2.45, 2.75) is 224 Å². The van der Waals surface area contributed by atoms with Gasteiger partial charge in [-0.15, -0.1) is 0 Å². The fourth-order valence-corrected chi connectivity index (χ4v) is 8.05. The molecule has 0 aliphatic carbocycles. The number of nitrogens with one attached hydrogen (secondary N) is 1. The van der Waals surface area contributed by atoms with Crippen LogP contribution in [0.4, 0.5) is 0 Å². The first-order valence-electron chi connectivity index (χ1n) is 20.9. The van der Waals surface area contributed by atoms with E-state index in [1.54, 1.807) is 6.08 Å². The minimum Gasteiger partial charge on any atom is -0.394 e. The zero-order chi connectivity index (χ0) is 37.6. The van der Waals surface area contributed by atoms with Gasteiger partial charge in [0.25, 0.3) is 0 Å². The fraction of sp³-hybridized carbons (Fsp3) is 0.950. The quantitative estimate of drug-likeness (QED) is 0.0291. The van der Waals surface area contributed by atoms with Crippen molar-refractivity contribution in [1.29, 1.82) is 0 Å². The molecule has 0 aromatic carbocycles. The summed E-state index contributed by atoms with van der Waals surface area (Å²) in [4.78, 5) is 0. The number of allylic oxidation sites excluding steroid dienone is 1. The van der Waals surface area contributed by atoms with Crippen LogP contribution in [0.25, 0.3) is 0 Å². The molecule has 51 heavy (non-hydrogen) atoms. The molecule has 0 aromatic rings. The van der Waals surface area contributed by atoms with Crippen LogP contribution in [0.1, 0.15) is 181 Å². The highest BCUT2D eigenvalue weighted by Crippen LogP contribution is 2.23. The zero-order valence-corrected chi connectivity index (χ0v) is 33.3. The second-order valence-electron chi connectivity index (χ2n) is 14.9. The van der Waals surface area contributed by atoms with Crippen LogP contribution in [0.2, 0.25) is 0 Å². The first-order chi connectivity index (χ1) is 24.7. The van der Waals surface area contributed by atoms with Gasteiger partial charge in [-0.05, 0) is 19.3 Å². The SMILES string of the molecule is CCCCCCCCCCCCC/C=C\C(O)C(CO[C@@H]1OC(CO)[C@@H](O)[C@@H](O)C1O)NS(=O)(=O)CCCCCCCCCCCCCCCC. The van der Waals surface area contributed by atoms with E-state index in [4.69, 9.17) is 9.47 Å². The predicted octanol–water partition coefficient (Wildman–Crippen LogP) is 7.19. The van der Waals surface area contributed by atoms with Gasteiger partial charge < -0.3 is 35.0 Å². The van der Waals surface area contributed by atoms with Crippen molar-refractivity contribution < 1.29 is 43.4 Å². The smallest absolute Gasteiger partial charge is 0.212 e. The topological polar surface area (TPSA) is 166 Å². The number of aliphatic hydroxyl groups excluding tert-OH is 5. The Bertz CT molecular complexity index is 920. The fourth-order valence-electron chi connectivity index (χ4n) is 6.68. The average Bonchev–Trinajstić information content (AvgIpc) is 3.11. The third-order valence-electron chi connectivity index (χ3n) is 10.1. The van der Waals surface area contributed by atoms with Crippen molar-refractivity contribution in [2.24, 2.45) is 0 Å². The van der Waals surface area contributed by atoms with Gasteiger partial charge in [0, 0.05) is 0 Å². The Kier molecular flexibility index (Phi) is 30.1. The van der Waals surface area contributed by atoms with Crippen molar-refractivity contribution in [3.63, 3.8) is 0 Å². The molecule has 6 N–H and O–H groups in total. The highest BCUT2D eigenvalue weighted by molar-refractivity contribution is 7.89. The predicted molar refractivity (Wildman–Crippen MR) is 207 cm³/mol. The highest BCUT2D eigenvalue weighted by atomic mass is 32.2. The van der Waals surface area contributed by atoms with Crippen molar-refractivity contribution in [1.82, 2.24) is 4.72 Å². The second-order valence-corrected chi connectivity index (χ2v) is 16.8. The number of rotatable bonds is 35. The van der Waals surface area contributed by atoms with Crippen LogP contribution < -0.4 is 4.72 Å². The van der Waals surface area contributed by atoms with Gasteiger partial charge in [0.2, 0.25) is 10.0 Å². The van der Waals surface area contributed by atoms with E-state index in [1.165, 1.54) is 122 Å². The first-order valence-corrected chi connectivity index (χ1v) is 22.6. The van der Waals surface area contributed by atoms with Crippen molar-refractivity contribution in [3.8, 4) is 0 Å². The standard InChI is InChI=1S/C40H79NO9S/c1-3-5-7-9-11-13-15-17-19-21-23-25-27-29-31-51(47,48)41-34(33-49-40-39(46)38(45)37(44)36(32-42)50-40)35(43)30-28-26-24-22-20-18-16-14-12-10-8-6-4-2/h28,30,34-46H,3-27,29,31-33H2,1-2H3/b30-28-/t34?,35?,36?,37-,38-,39?,40-/m1/s1. The Morgan fingerprint density at radius 1 is 0.647 bits per heavy atom. The molecule has 0 spiro atoms. The van der Waals surface area contributed by atoms with Crippen molar-refractivity contribution in [3.05, 3.63) is 12.2 Å². The number of aliphatic hydroxyl groups is 5. The highest BCUT2D eigenvalue weighted by Gasteiger charge is 2.44. The van der Waals surface area contributed by atoms with Gasteiger partial charge in [-0.3, -0.25) is 0 Å². The normalized spacial score (nSPS) is 22.5. The number of unbranched alkanes of at least 4 members (excludes halogenated alkanes) is 24. The Morgan fingerprint density at radius 3 is 1.53 bits per heavy atom. The Morgan fingerprint density at radius 2 is 1.08 bits per heavy atom. The van der Waals surface area contributed by atoms with Crippen molar-refractivity contribution >= 4 is 10.0 Å². The van der Waals surface area contributed by atoms with Crippen LogP contribution in [0.15, 0.2) is 12.2 Å². The third kappa shape index (κ3) is 24.4. The van der Waals surface area contributed by atoms with Gasteiger partial charge in [0.05, 0.1) is 31.1 Å². The van der Waals surface area contributed by atoms with Crippen LogP contribution in [-0.2, 0) is 19.5 Å². The maximum absolute atomic E-state index is 13.1. The minimum absolute atomic E-state index is 0.0727. The Hall–Kier alpha value is -0.630. The lowest BCUT2D eigenvalue weighted by Crippen LogP contribution is -2.60. The molecule has 7 atom stereocenters. The molecule has 0 amide bonds. The van der Waals surface area contributed by atoms with Crippen LogP contribution in [0.3, 0.4) is 0 Å². The maximum atomic E-state index is 13.1. The van der Waals surface area contributed by atoms with E-state index in [0.717, 1.165) is 38.5 Å². The van der Waals surface area contributed by atoms with Gasteiger partial charge in [0.1, 0.15) is 24.4 Å². The molecule has 0 radical (unpaired) electrons. The first kappa shape index (κ1) is 48.4. The van der Waals surface area contributed by atoms with E-state index in [2.05, 4.69) is 18.6 Å². The molecule has 1 fully saturated rings. The summed E-state index contributed by atoms with van der Waals surface area (Å²) in [5.74, 6) is -0.0727. The Balaban J connectivity index is 2.49. The maximum Gasteiger partial charge on any atom is 0.212 e. The molecule has 1 saturated heterocycles. The van der Waals surface area contributed by atoms with Crippen LogP contribution in [0.5, 0.6) is 0 Å². The third-order valence-corrected chi connectivity index (χ3v) is 11.6. The molecule has 1 rings (SSSR count). The molecule has 11 heteroatoms. The van der Waals surface area contributed by atoms with Crippen LogP contribution in [-0.4, -0.2) is 95.8 Å². The van der Waals surface area contributed by atoms with E-state index >= 15 is 0 Å². The van der Waals surface area contributed by atoms with E-state index in [1.807, 2.05) is 6.08 Å². The summed E-state index contributed by atoms with van der Waals surface area (Å²) in [5, 5.41) is 51.1. The summed E-state index contributed by atoms with van der Waals surface area (Å²) in [5.41, 5.74) is 0. The second kappa shape index (κ2) is 31.7. The van der Waals surface area contributed by atoms with Crippen LogP contribution in [0, 0.1) is 0 Å². The average molecular weight is 750 g/mol. The van der Waals surface area contributed by atoms with E-state index < -0.39 is 59.5 Å². The molecule has 10 nitrogen and oxygen atoms in total. The lowest BCUT2D eigenvalue weighted by atomic mass is 9.99. The summed E-state index contributed by atoms with van der Waals surface area (Å²) < 4.78 is 39.8. The number of hydrogen-bond donors (Lipinski definition) is 6. The molecule has 1 aliphatic rings. The molecule has 0 saturated carbocycles. The zero-order valence-electron chi connectivity index (χ0n) is 32.5. The monoisotopic (exact) mass is 750 g/mol. The lowest BCUT2D eigenvalue weighted by molar-refractivity contribution is -0.302. The minimum atomic E-state index is -3.76. The summed E-state index contributed by atoms with van der Waals surface area (Å²) in [6.45, 7) is 3.52. The van der Waals surface area contributed by atoms with E-state index in [0.29, 0.717) is 6.42 Å². The van der Waals surface area contributed by atoms with Crippen molar-refractivity contribution in [2.75, 3.05) is 19.0 Å². The summed E-state index contributed by atoms with van der Waals surface area (Å²) >= 11 is 0. The molecule has 0 bridgehead atoms.